The molecule has 0 aliphatic carbocycles. The van der Waals surface area contributed by atoms with Crippen LogP contribution in [0.2, 0.25) is 0 Å². The van der Waals surface area contributed by atoms with Crippen LogP contribution < -0.4 is 11.1 Å². The molecule has 0 rings (SSSR count). The Labute approximate surface area is 98.0 Å². The van der Waals surface area contributed by atoms with Gasteiger partial charge in [-0.1, -0.05) is 5.16 Å². The molecular formula is C11H25N3O2. The van der Waals surface area contributed by atoms with E-state index in [4.69, 9.17) is 15.7 Å². The lowest BCUT2D eigenvalue weighted by molar-refractivity contribution is 0.0760. The van der Waals surface area contributed by atoms with E-state index < -0.39 is 0 Å². The van der Waals surface area contributed by atoms with Gasteiger partial charge in [0.25, 0.3) is 0 Å². The van der Waals surface area contributed by atoms with Gasteiger partial charge in [0.1, 0.15) is 5.84 Å². The molecule has 4 N–H and O–H groups in total. The smallest absolute Gasteiger partial charge is 0.139 e. The second-order valence-corrected chi connectivity index (χ2v) is 4.07. The van der Waals surface area contributed by atoms with Gasteiger partial charge in [-0.3, -0.25) is 0 Å². The van der Waals surface area contributed by atoms with Crippen molar-refractivity contribution < 1.29 is 9.94 Å². The van der Waals surface area contributed by atoms with E-state index in [0.717, 1.165) is 39.0 Å². The first-order valence-corrected chi connectivity index (χ1v) is 5.95. The summed E-state index contributed by atoms with van der Waals surface area (Å²) >= 11 is 0. The molecule has 0 amide bonds. The van der Waals surface area contributed by atoms with Crippen molar-refractivity contribution in [2.45, 2.75) is 45.6 Å². The Morgan fingerprint density at radius 1 is 1.31 bits per heavy atom. The van der Waals surface area contributed by atoms with Crippen molar-refractivity contribution in [3.63, 3.8) is 0 Å². The molecule has 0 aromatic heterocycles. The van der Waals surface area contributed by atoms with Gasteiger partial charge in [-0.25, -0.2) is 0 Å². The normalized spacial score (nSPS) is 12.3. The van der Waals surface area contributed by atoms with Gasteiger partial charge in [0.2, 0.25) is 0 Å². The largest absolute Gasteiger partial charge is 0.409 e. The van der Waals surface area contributed by atoms with Crippen LogP contribution in [-0.2, 0) is 4.74 Å². The molecule has 0 aromatic carbocycles. The number of unbranched alkanes of at least 4 members (excludes halogenated alkanes) is 1. The number of hydrogen-bond acceptors (Lipinski definition) is 4. The Bertz CT molecular complexity index is 184. The van der Waals surface area contributed by atoms with Crippen LogP contribution in [0.1, 0.15) is 39.5 Å². The summed E-state index contributed by atoms with van der Waals surface area (Å²) in [7, 11) is 0. The number of amidine groups is 1. The molecule has 0 aromatic rings. The van der Waals surface area contributed by atoms with E-state index in [1.54, 1.807) is 0 Å². The highest BCUT2D eigenvalue weighted by Crippen LogP contribution is 1.93. The highest BCUT2D eigenvalue weighted by Gasteiger charge is 1.95. The Balaban J connectivity index is 3.04. The predicted molar refractivity (Wildman–Crippen MR) is 65.8 cm³/mol. The van der Waals surface area contributed by atoms with Crippen molar-refractivity contribution in [2.24, 2.45) is 10.9 Å². The molecule has 96 valence electrons. The second kappa shape index (κ2) is 10.7. The average molecular weight is 231 g/mol. The van der Waals surface area contributed by atoms with Gasteiger partial charge in [0, 0.05) is 13.0 Å². The number of nitrogens with zero attached hydrogens (tertiary/aromatic N) is 1. The second-order valence-electron chi connectivity index (χ2n) is 4.07. The summed E-state index contributed by atoms with van der Waals surface area (Å²) in [5.74, 6) is 0.298. The molecule has 5 heteroatoms. The van der Waals surface area contributed by atoms with Crippen LogP contribution in [0.4, 0.5) is 0 Å². The Morgan fingerprint density at radius 2 is 2.00 bits per heavy atom. The minimum Gasteiger partial charge on any atom is -0.409 e. The predicted octanol–water partition coefficient (Wildman–Crippen LogP) is 1.31. The fraction of sp³-hybridized carbons (Fsp3) is 0.909. The van der Waals surface area contributed by atoms with Crippen molar-refractivity contribution in [3.05, 3.63) is 0 Å². The number of nitrogens with two attached hydrogens (primary N) is 1. The molecule has 0 spiro atoms. The summed E-state index contributed by atoms with van der Waals surface area (Å²) in [6.45, 7) is 6.83. The minimum atomic E-state index is 0.298. The van der Waals surface area contributed by atoms with Crippen molar-refractivity contribution in [1.82, 2.24) is 5.32 Å². The number of rotatable bonds is 10. The lowest BCUT2D eigenvalue weighted by Crippen LogP contribution is -2.20. The standard InChI is InChI=1S/C11H25N3O2/c1-10(2)16-9-4-3-7-13-8-5-6-11(12)14-15/h10,13,15H,3-9H2,1-2H3,(H2,12,14). The molecule has 0 saturated carbocycles. The number of nitrogens with one attached hydrogen (secondary N) is 1. The summed E-state index contributed by atoms with van der Waals surface area (Å²) < 4.78 is 5.43. The maximum Gasteiger partial charge on any atom is 0.139 e. The van der Waals surface area contributed by atoms with Gasteiger partial charge in [-0.15, -0.1) is 0 Å². The summed E-state index contributed by atoms with van der Waals surface area (Å²) in [6, 6.07) is 0. The van der Waals surface area contributed by atoms with Crippen LogP contribution in [0.3, 0.4) is 0 Å². The minimum absolute atomic E-state index is 0.298. The number of oxime groups is 1. The van der Waals surface area contributed by atoms with Gasteiger partial charge in [-0.2, -0.15) is 0 Å². The lowest BCUT2D eigenvalue weighted by atomic mass is 10.3. The van der Waals surface area contributed by atoms with E-state index in [0.29, 0.717) is 18.4 Å². The zero-order valence-electron chi connectivity index (χ0n) is 10.4. The Kier molecular flexibility index (Phi) is 10.2. The first kappa shape index (κ1) is 15.2. The third-order valence-corrected chi connectivity index (χ3v) is 2.11. The van der Waals surface area contributed by atoms with E-state index in [-0.39, 0.29) is 0 Å². The maximum absolute atomic E-state index is 8.31. The van der Waals surface area contributed by atoms with Crippen molar-refractivity contribution in [1.29, 1.82) is 0 Å². The molecule has 0 aliphatic heterocycles. The topological polar surface area (TPSA) is 79.9 Å². The SMILES string of the molecule is CC(C)OCCCCNCCCC(N)=NO. The molecule has 5 nitrogen and oxygen atoms in total. The monoisotopic (exact) mass is 231 g/mol. The maximum atomic E-state index is 8.31. The number of hydrogen-bond donors (Lipinski definition) is 3. The van der Waals surface area contributed by atoms with Gasteiger partial charge >= 0.3 is 0 Å². The molecule has 0 unspecified atom stereocenters. The van der Waals surface area contributed by atoms with Gasteiger partial charge in [0.15, 0.2) is 0 Å². The van der Waals surface area contributed by atoms with Crippen LogP contribution in [0.15, 0.2) is 5.16 Å². The highest BCUT2D eigenvalue weighted by molar-refractivity contribution is 5.79. The third-order valence-electron chi connectivity index (χ3n) is 2.11. The van der Waals surface area contributed by atoms with Crippen LogP contribution >= 0.6 is 0 Å². The fourth-order valence-corrected chi connectivity index (χ4v) is 1.24. The van der Waals surface area contributed by atoms with E-state index in [9.17, 15) is 0 Å². The first-order chi connectivity index (χ1) is 7.66. The fourth-order valence-electron chi connectivity index (χ4n) is 1.24. The van der Waals surface area contributed by atoms with E-state index in [1.165, 1.54) is 0 Å². The van der Waals surface area contributed by atoms with E-state index >= 15 is 0 Å². The molecule has 16 heavy (non-hydrogen) atoms. The molecule has 0 fully saturated rings. The molecule has 0 atom stereocenters. The number of ether oxygens (including phenoxy) is 1. The Hall–Kier alpha value is -0.810. The summed E-state index contributed by atoms with van der Waals surface area (Å²) in [4.78, 5) is 0. The third kappa shape index (κ3) is 11.3. The lowest BCUT2D eigenvalue weighted by Gasteiger charge is -2.07. The molecule has 0 bridgehead atoms. The van der Waals surface area contributed by atoms with Gasteiger partial charge in [-0.05, 0) is 46.2 Å². The summed E-state index contributed by atoms with van der Waals surface area (Å²) in [5.41, 5.74) is 5.34. The van der Waals surface area contributed by atoms with Crippen LogP contribution in [0.5, 0.6) is 0 Å². The zero-order chi connectivity index (χ0) is 12.2. The quantitative estimate of drug-likeness (QED) is 0.174. The first-order valence-electron chi connectivity index (χ1n) is 5.95. The molecule has 0 aliphatic rings. The van der Waals surface area contributed by atoms with Gasteiger partial charge < -0.3 is 21.0 Å². The average Bonchev–Trinajstić information content (AvgIpc) is 2.26. The van der Waals surface area contributed by atoms with Gasteiger partial charge in [0.05, 0.1) is 6.10 Å². The van der Waals surface area contributed by atoms with Crippen LogP contribution in [0.25, 0.3) is 0 Å². The van der Waals surface area contributed by atoms with E-state index in [1.807, 2.05) is 13.8 Å². The molecule has 0 radical (unpaired) electrons. The van der Waals surface area contributed by atoms with Crippen LogP contribution in [0, 0.1) is 0 Å². The summed E-state index contributed by atoms with van der Waals surface area (Å²) in [5, 5.41) is 14.5. The summed E-state index contributed by atoms with van der Waals surface area (Å²) in [6.07, 6.45) is 4.08. The molecule has 0 saturated heterocycles. The van der Waals surface area contributed by atoms with E-state index in [2.05, 4.69) is 10.5 Å². The van der Waals surface area contributed by atoms with Crippen molar-refractivity contribution >= 4 is 5.84 Å². The zero-order valence-corrected chi connectivity index (χ0v) is 10.4. The Morgan fingerprint density at radius 3 is 2.62 bits per heavy atom. The van der Waals surface area contributed by atoms with Crippen molar-refractivity contribution in [2.75, 3.05) is 19.7 Å². The van der Waals surface area contributed by atoms with Crippen molar-refractivity contribution in [3.8, 4) is 0 Å². The molecular weight excluding hydrogens is 206 g/mol. The molecule has 0 heterocycles. The highest BCUT2D eigenvalue weighted by atomic mass is 16.5. The van der Waals surface area contributed by atoms with Crippen LogP contribution in [-0.4, -0.2) is 36.8 Å².